The average molecular weight is 278 g/mol. The standard InChI is InChI=1S/C15H20ClN3/c1-10-5-3-4-6-13(10)19-14(9-16)18-12-8-7-11(2)17-15(12)19/h7-8,10,13H,3-6,9H2,1-2H3. The smallest absolute Gasteiger partial charge is 0.160 e. The summed E-state index contributed by atoms with van der Waals surface area (Å²) in [6.07, 6.45) is 5.14. The second-order valence-electron chi connectivity index (χ2n) is 5.66. The van der Waals surface area contributed by atoms with Crippen LogP contribution in [0.4, 0.5) is 0 Å². The maximum atomic E-state index is 6.10. The Hall–Kier alpha value is -1.09. The van der Waals surface area contributed by atoms with Gasteiger partial charge in [0.05, 0.1) is 5.88 Å². The number of pyridine rings is 1. The molecule has 0 N–H and O–H groups in total. The zero-order valence-corrected chi connectivity index (χ0v) is 12.3. The lowest BCUT2D eigenvalue weighted by atomic mass is 9.85. The summed E-state index contributed by atoms with van der Waals surface area (Å²) in [6, 6.07) is 4.57. The van der Waals surface area contributed by atoms with E-state index < -0.39 is 0 Å². The molecule has 3 nitrogen and oxygen atoms in total. The van der Waals surface area contributed by atoms with Crippen LogP contribution in [0.1, 0.15) is 50.2 Å². The molecule has 1 aliphatic carbocycles. The molecule has 1 fully saturated rings. The molecule has 0 radical (unpaired) electrons. The number of alkyl halides is 1. The van der Waals surface area contributed by atoms with E-state index in [1.54, 1.807) is 0 Å². The number of aryl methyl sites for hydroxylation is 1. The van der Waals surface area contributed by atoms with Crippen molar-refractivity contribution < 1.29 is 0 Å². The Labute approximate surface area is 119 Å². The summed E-state index contributed by atoms with van der Waals surface area (Å²) in [5.41, 5.74) is 3.02. The highest BCUT2D eigenvalue weighted by atomic mass is 35.5. The molecule has 2 unspecified atom stereocenters. The van der Waals surface area contributed by atoms with E-state index in [9.17, 15) is 0 Å². The molecule has 1 aliphatic rings. The molecule has 4 heteroatoms. The maximum absolute atomic E-state index is 6.10. The Bertz CT molecular complexity index is 590. The highest BCUT2D eigenvalue weighted by Gasteiger charge is 2.27. The summed E-state index contributed by atoms with van der Waals surface area (Å²) in [4.78, 5) is 9.35. The number of fused-ring (bicyclic) bond motifs is 1. The molecule has 0 aliphatic heterocycles. The van der Waals surface area contributed by atoms with E-state index in [4.69, 9.17) is 16.6 Å². The molecular formula is C15H20ClN3. The Balaban J connectivity index is 2.16. The fraction of sp³-hybridized carbons (Fsp3) is 0.600. The highest BCUT2D eigenvalue weighted by Crippen LogP contribution is 2.36. The van der Waals surface area contributed by atoms with Gasteiger partial charge in [-0.25, -0.2) is 9.97 Å². The monoisotopic (exact) mass is 277 g/mol. The van der Waals surface area contributed by atoms with Crippen LogP contribution in [0.2, 0.25) is 0 Å². The van der Waals surface area contributed by atoms with Crippen LogP contribution >= 0.6 is 11.6 Å². The number of hydrogen-bond acceptors (Lipinski definition) is 2. The van der Waals surface area contributed by atoms with Crippen LogP contribution in [0, 0.1) is 12.8 Å². The molecule has 102 valence electrons. The van der Waals surface area contributed by atoms with Gasteiger partial charge in [-0.3, -0.25) is 0 Å². The molecule has 2 atom stereocenters. The molecule has 2 aromatic heterocycles. The summed E-state index contributed by atoms with van der Waals surface area (Å²) < 4.78 is 2.30. The molecule has 0 spiro atoms. The summed E-state index contributed by atoms with van der Waals surface area (Å²) in [5.74, 6) is 2.10. The first-order chi connectivity index (χ1) is 9.20. The molecular weight excluding hydrogens is 258 g/mol. The minimum Gasteiger partial charge on any atom is -0.308 e. The molecule has 3 rings (SSSR count). The van der Waals surface area contributed by atoms with Crippen molar-refractivity contribution in [3.8, 4) is 0 Å². The number of rotatable bonds is 2. The van der Waals surface area contributed by atoms with Gasteiger partial charge in [-0.1, -0.05) is 19.8 Å². The predicted molar refractivity (Wildman–Crippen MR) is 78.5 cm³/mol. The second-order valence-corrected chi connectivity index (χ2v) is 5.92. The molecule has 0 amide bonds. The third kappa shape index (κ3) is 2.25. The number of hydrogen-bond donors (Lipinski definition) is 0. The van der Waals surface area contributed by atoms with Gasteiger partial charge in [0.1, 0.15) is 11.3 Å². The normalized spacial score (nSPS) is 23.9. The van der Waals surface area contributed by atoms with Gasteiger partial charge in [0.25, 0.3) is 0 Å². The number of imidazole rings is 1. The fourth-order valence-corrected chi connectivity index (χ4v) is 3.43. The van der Waals surface area contributed by atoms with Crippen molar-refractivity contribution >= 4 is 22.8 Å². The van der Waals surface area contributed by atoms with E-state index in [-0.39, 0.29) is 0 Å². The maximum Gasteiger partial charge on any atom is 0.160 e. The van der Waals surface area contributed by atoms with Crippen molar-refractivity contribution in [1.29, 1.82) is 0 Å². The first kappa shape index (κ1) is 12.9. The topological polar surface area (TPSA) is 30.7 Å². The van der Waals surface area contributed by atoms with Crippen molar-refractivity contribution in [3.63, 3.8) is 0 Å². The molecule has 0 saturated heterocycles. The summed E-state index contributed by atoms with van der Waals surface area (Å²) in [6.45, 7) is 4.37. The Morgan fingerprint density at radius 2 is 2.05 bits per heavy atom. The van der Waals surface area contributed by atoms with Gasteiger partial charge in [-0.05, 0) is 37.8 Å². The molecule has 19 heavy (non-hydrogen) atoms. The predicted octanol–water partition coefficient (Wildman–Crippen LogP) is 4.23. The second kappa shape index (κ2) is 5.12. The van der Waals surface area contributed by atoms with Gasteiger partial charge >= 0.3 is 0 Å². The van der Waals surface area contributed by atoms with Crippen LogP contribution in [-0.4, -0.2) is 14.5 Å². The van der Waals surface area contributed by atoms with Crippen LogP contribution < -0.4 is 0 Å². The SMILES string of the molecule is Cc1ccc2nc(CCl)n(C3CCCCC3C)c2n1. The minimum atomic E-state index is 0.457. The fourth-order valence-electron chi connectivity index (χ4n) is 3.24. The van der Waals surface area contributed by atoms with E-state index in [2.05, 4.69) is 22.5 Å². The molecule has 2 heterocycles. The lowest BCUT2D eigenvalue weighted by Crippen LogP contribution is -2.22. The van der Waals surface area contributed by atoms with Crippen molar-refractivity contribution in [2.75, 3.05) is 0 Å². The average Bonchev–Trinajstić information content (AvgIpc) is 2.77. The van der Waals surface area contributed by atoms with E-state index in [0.717, 1.165) is 22.7 Å². The van der Waals surface area contributed by atoms with E-state index in [1.165, 1.54) is 25.7 Å². The van der Waals surface area contributed by atoms with Gasteiger partial charge < -0.3 is 4.57 Å². The van der Waals surface area contributed by atoms with Gasteiger partial charge in [0, 0.05) is 11.7 Å². The largest absolute Gasteiger partial charge is 0.308 e. The first-order valence-electron chi connectivity index (χ1n) is 7.11. The van der Waals surface area contributed by atoms with Crippen LogP contribution in [-0.2, 0) is 5.88 Å². The first-order valence-corrected chi connectivity index (χ1v) is 7.64. The van der Waals surface area contributed by atoms with Crippen LogP contribution in [0.5, 0.6) is 0 Å². The highest BCUT2D eigenvalue weighted by molar-refractivity contribution is 6.16. The zero-order valence-electron chi connectivity index (χ0n) is 11.6. The van der Waals surface area contributed by atoms with Gasteiger partial charge in [0.15, 0.2) is 5.65 Å². The van der Waals surface area contributed by atoms with Gasteiger partial charge in [0.2, 0.25) is 0 Å². The lowest BCUT2D eigenvalue weighted by Gasteiger charge is -2.31. The van der Waals surface area contributed by atoms with Crippen molar-refractivity contribution in [2.45, 2.75) is 51.5 Å². The molecule has 1 saturated carbocycles. The summed E-state index contributed by atoms with van der Waals surface area (Å²) in [7, 11) is 0. The summed E-state index contributed by atoms with van der Waals surface area (Å²) >= 11 is 6.10. The van der Waals surface area contributed by atoms with Gasteiger partial charge in [-0.2, -0.15) is 0 Å². The lowest BCUT2D eigenvalue weighted by molar-refractivity contribution is 0.258. The Kier molecular flexibility index (Phi) is 3.48. The van der Waals surface area contributed by atoms with Crippen LogP contribution in [0.3, 0.4) is 0 Å². The summed E-state index contributed by atoms with van der Waals surface area (Å²) in [5, 5.41) is 0. The van der Waals surface area contributed by atoms with Crippen LogP contribution in [0.15, 0.2) is 12.1 Å². The number of aromatic nitrogens is 3. The van der Waals surface area contributed by atoms with Gasteiger partial charge in [-0.15, -0.1) is 11.6 Å². The molecule has 2 aromatic rings. The molecule has 0 aromatic carbocycles. The van der Waals surface area contributed by atoms with Crippen molar-refractivity contribution in [2.24, 2.45) is 5.92 Å². The van der Waals surface area contributed by atoms with E-state index in [1.807, 2.05) is 13.0 Å². The number of halogens is 1. The third-order valence-corrected chi connectivity index (χ3v) is 4.51. The number of nitrogens with zero attached hydrogens (tertiary/aromatic N) is 3. The Morgan fingerprint density at radius 1 is 1.26 bits per heavy atom. The van der Waals surface area contributed by atoms with E-state index in [0.29, 0.717) is 17.8 Å². The zero-order chi connectivity index (χ0) is 13.4. The van der Waals surface area contributed by atoms with Crippen molar-refractivity contribution in [1.82, 2.24) is 14.5 Å². The third-order valence-electron chi connectivity index (χ3n) is 4.27. The van der Waals surface area contributed by atoms with Crippen molar-refractivity contribution in [3.05, 3.63) is 23.7 Å². The minimum absolute atomic E-state index is 0.457. The Morgan fingerprint density at radius 3 is 2.79 bits per heavy atom. The van der Waals surface area contributed by atoms with E-state index >= 15 is 0 Å². The molecule has 0 bridgehead atoms. The quantitative estimate of drug-likeness (QED) is 0.769. The van der Waals surface area contributed by atoms with Crippen LogP contribution in [0.25, 0.3) is 11.2 Å².